The van der Waals surface area contributed by atoms with Crippen LogP contribution in [0.3, 0.4) is 0 Å². The Morgan fingerprint density at radius 1 is 0.500 bits per heavy atom. The number of carbonyl (C=O) groups excluding carboxylic acids is 1. The van der Waals surface area contributed by atoms with E-state index in [1.54, 1.807) is 0 Å². The van der Waals surface area contributed by atoms with Crippen LogP contribution in [0.5, 0.6) is 0 Å². The maximum absolute atomic E-state index is 12.6. The van der Waals surface area contributed by atoms with Crippen LogP contribution in [0.2, 0.25) is 0 Å². The molecular formula is C42H76O4. The second kappa shape index (κ2) is 37.6. The van der Waals surface area contributed by atoms with E-state index in [4.69, 9.17) is 9.84 Å². The number of hydrogen-bond donors (Lipinski definition) is 1. The molecule has 0 spiro atoms. The molecule has 0 rings (SSSR count). The third-order valence-electron chi connectivity index (χ3n) is 8.88. The fourth-order valence-electron chi connectivity index (χ4n) is 5.96. The van der Waals surface area contributed by atoms with Crippen LogP contribution in [0.4, 0.5) is 0 Å². The second-order valence-corrected chi connectivity index (χ2v) is 13.4. The fraction of sp³-hybridized carbons (Fsp3) is 0.810. The van der Waals surface area contributed by atoms with Crippen molar-refractivity contribution in [2.24, 2.45) is 0 Å². The summed E-state index contributed by atoms with van der Waals surface area (Å²) in [7, 11) is 0. The lowest BCUT2D eigenvalue weighted by atomic mass is 10.0. The minimum absolute atomic E-state index is 0.00316. The van der Waals surface area contributed by atoms with Gasteiger partial charge >= 0.3 is 11.9 Å². The van der Waals surface area contributed by atoms with E-state index < -0.39 is 5.97 Å². The predicted octanol–water partition coefficient (Wildman–Crippen LogP) is 13.8. The van der Waals surface area contributed by atoms with Crippen LogP contribution in [0.25, 0.3) is 0 Å². The average molecular weight is 645 g/mol. The van der Waals surface area contributed by atoms with Crippen molar-refractivity contribution >= 4 is 11.9 Å². The van der Waals surface area contributed by atoms with E-state index in [2.05, 4.69) is 50.3 Å². The molecule has 0 saturated heterocycles. The highest BCUT2D eigenvalue weighted by atomic mass is 16.5. The molecule has 1 N–H and O–H groups in total. The minimum Gasteiger partial charge on any atom is -0.481 e. The van der Waals surface area contributed by atoms with E-state index in [1.165, 1.54) is 103 Å². The molecule has 0 fully saturated rings. The van der Waals surface area contributed by atoms with Gasteiger partial charge in [0.15, 0.2) is 0 Å². The Morgan fingerprint density at radius 3 is 1.41 bits per heavy atom. The minimum atomic E-state index is -0.701. The van der Waals surface area contributed by atoms with Crippen LogP contribution in [-0.4, -0.2) is 23.1 Å². The number of esters is 1. The van der Waals surface area contributed by atoms with Gasteiger partial charge in [0.05, 0.1) is 0 Å². The zero-order valence-electron chi connectivity index (χ0n) is 30.6. The van der Waals surface area contributed by atoms with Gasteiger partial charge in [-0.3, -0.25) is 9.59 Å². The maximum Gasteiger partial charge on any atom is 0.306 e. The van der Waals surface area contributed by atoms with Gasteiger partial charge in [-0.15, -0.1) is 0 Å². The molecule has 0 heterocycles. The van der Waals surface area contributed by atoms with Crippen molar-refractivity contribution in [2.45, 2.75) is 219 Å². The number of hydrogen-bond acceptors (Lipinski definition) is 3. The molecular weight excluding hydrogens is 568 g/mol. The van der Waals surface area contributed by atoms with Gasteiger partial charge < -0.3 is 9.84 Å². The largest absolute Gasteiger partial charge is 0.481 e. The predicted molar refractivity (Wildman–Crippen MR) is 199 cm³/mol. The lowest BCUT2D eigenvalue weighted by Crippen LogP contribution is -2.18. The zero-order chi connectivity index (χ0) is 33.6. The van der Waals surface area contributed by atoms with Gasteiger partial charge in [-0.25, -0.2) is 0 Å². The lowest BCUT2D eigenvalue weighted by Gasteiger charge is -2.18. The molecule has 268 valence electrons. The summed E-state index contributed by atoms with van der Waals surface area (Å²) in [6.07, 6.45) is 48.8. The van der Waals surface area contributed by atoms with E-state index in [9.17, 15) is 9.59 Å². The first-order chi connectivity index (χ1) is 22.6. The molecule has 0 aromatic carbocycles. The number of allylic oxidation sites excluding steroid dienone is 6. The van der Waals surface area contributed by atoms with Crippen molar-refractivity contribution in [3.05, 3.63) is 36.5 Å². The number of rotatable bonds is 36. The van der Waals surface area contributed by atoms with Crippen LogP contribution >= 0.6 is 0 Å². The zero-order valence-corrected chi connectivity index (χ0v) is 30.6. The van der Waals surface area contributed by atoms with Gasteiger partial charge in [0.25, 0.3) is 0 Å². The molecule has 4 nitrogen and oxygen atoms in total. The van der Waals surface area contributed by atoms with Crippen molar-refractivity contribution < 1.29 is 19.4 Å². The molecule has 0 bridgehead atoms. The van der Waals surface area contributed by atoms with Gasteiger partial charge in [0, 0.05) is 12.8 Å². The Labute approximate surface area is 286 Å². The number of aliphatic carboxylic acids is 1. The number of carboxylic acids is 1. The molecule has 0 aliphatic rings. The molecule has 1 atom stereocenters. The van der Waals surface area contributed by atoms with Crippen LogP contribution in [0, 0.1) is 0 Å². The van der Waals surface area contributed by atoms with E-state index in [1.807, 2.05) is 0 Å². The van der Waals surface area contributed by atoms with Crippen molar-refractivity contribution in [3.63, 3.8) is 0 Å². The summed E-state index contributed by atoms with van der Waals surface area (Å²) in [6.45, 7) is 4.43. The Kier molecular flexibility index (Phi) is 36.1. The van der Waals surface area contributed by atoms with Crippen LogP contribution < -0.4 is 0 Å². The first-order valence-electron chi connectivity index (χ1n) is 20.0. The van der Waals surface area contributed by atoms with Crippen molar-refractivity contribution in [3.8, 4) is 0 Å². The highest BCUT2D eigenvalue weighted by Gasteiger charge is 2.14. The van der Waals surface area contributed by atoms with Gasteiger partial charge in [-0.1, -0.05) is 166 Å². The topological polar surface area (TPSA) is 63.6 Å². The summed E-state index contributed by atoms with van der Waals surface area (Å²) < 4.78 is 5.99. The number of unbranched alkanes of at least 4 members (excludes halogenated alkanes) is 21. The van der Waals surface area contributed by atoms with Gasteiger partial charge in [0.1, 0.15) is 6.10 Å². The molecule has 0 amide bonds. The summed E-state index contributed by atoms with van der Waals surface area (Å²) in [5.41, 5.74) is 0. The van der Waals surface area contributed by atoms with E-state index >= 15 is 0 Å². The molecule has 46 heavy (non-hydrogen) atoms. The van der Waals surface area contributed by atoms with Crippen LogP contribution in [0.15, 0.2) is 36.5 Å². The van der Waals surface area contributed by atoms with E-state index in [0.717, 1.165) is 83.5 Å². The summed E-state index contributed by atoms with van der Waals surface area (Å²) in [5.74, 6) is -0.704. The Morgan fingerprint density at radius 2 is 0.913 bits per heavy atom. The summed E-state index contributed by atoms with van der Waals surface area (Å²) in [5, 5.41) is 8.81. The van der Waals surface area contributed by atoms with Crippen molar-refractivity contribution in [2.75, 3.05) is 0 Å². The normalized spacial score (nSPS) is 12.6. The Balaban J connectivity index is 3.93. The molecule has 0 aliphatic heterocycles. The van der Waals surface area contributed by atoms with Crippen LogP contribution in [0.1, 0.15) is 213 Å². The third kappa shape index (κ3) is 36.6. The molecule has 1 unspecified atom stereocenters. The van der Waals surface area contributed by atoms with Crippen molar-refractivity contribution in [1.82, 2.24) is 0 Å². The maximum atomic E-state index is 12.6. The SMILES string of the molecule is CC/C=C\C/C=C\C/C=C\CCCCCCCCCCCC(=O)OC(CCCCCCCCCCC)CCCCCCCC(=O)O. The van der Waals surface area contributed by atoms with E-state index in [0.29, 0.717) is 6.42 Å². The standard InChI is InChI=1S/C42H76O4/c1-3-5-7-9-11-13-14-15-16-17-18-19-20-21-22-24-26-31-35-39-42(45)46-40(37-33-29-27-30-34-38-41(43)44)36-32-28-25-23-12-10-8-6-4-2/h5,7,11,13,15-16,40H,3-4,6,8-10,12,14,17-39H2,1-2H3,(H,43,44)/b7-5-,13-11-,16-15-. The third-order valence-corrected chi connectivity index (χ3v) is 8.88. The Bertz CT molecular complexity index is 738. The summed E-state index contributed by atoms with van der Waals surface area (Å²) >= 11 is 0. The highest BCUT2D eigenvalue weighted by molar-refractivity contribution is 5.69. The number of carboxylic acid groups (broad SMARTS) is 1. The monoisotopic (exact) mass is 645 g/mol. The molecule has 0 radical (unpaired) electrons. The van der Waals surface area contributed by atoms with Gasteiger partial charge in [0.2, 0.25) is 0 Å². The summed E-state index contributed by atoms with van der Waals surface area (Å²) in [6, 6.07) is 0. The fourth-order valence-corrected chi connectivity index (χ4v) is 5.96. The van der Waals surface area contributed by atoms with Crippen LogP contribution in [-0.2, 0) is 14.3 Å². The van der Waals surface area contributed by atoms with Gasteiger partial charge in [-0.05, 0) is 70.6 Å². The first-order valence-corrected chi connectivity index (χ1v) is 20.0. The molecule has 4 heteroatoms. The number of ether oxygens (including phenoxy) is 1. The highest BCUT2D eigenvalue weighted by Crippen LogP contribution is 2.19. The molecule has 0 saturated carbocycles. The molecule has 0 aliphatic carbocycles. The average Bonchev–Trinajstić information content (AvgIpc) is 3.04. The number of carbonyl (C=O) groups is 2. The summed E-state index contributed by atoms with van der Waals surface area (Å²) in [4.78, 5) is 23.3. The van der Waals surface area contributed by atoms with E-state index in [-0.39, 0.29) is 18.5 Å². The lowest BCUT2D eigenvalue weighted by molar-refractivity contribution is -0.150. The molecule has 0 aromatic rings. The quantitative estimate of drug-likeness (QED) is 0.0419. The van der Waals surface area contributed by atoms with Crippen molar-refractivity contribution in [1.29, 1.82) is 0 Å². The Hall–Kier alpha value is -1.84. The van der Waals surface area contributed by atoms with Gasteiger partial charge in [-0.2, -0.15) is 0 Å². The first kappa shape index (κ1) is 44.2. The second-order valence-electron chi connectivity index (χ2n) is 13.4. The molecule has 0 aromatic heterocycles. The smallest absolute Gasteiger partial charge is 0.306 e.